The van der Waals surface area contributed by atoms with E-state index in [4.69, 9.17) is 37.0 Å². The van der Waals surface area contributed by atoms with Crippen molar-refractivity contribution in [3.63, 3.8) is 0 Å². The molecule has 17 nitrogen and oxygen atoms in total. The number of ether oxygens (including phenoxy) is 4. The van der Waals surface area contributed by atoms with Crippen LogP contribution in [-0.4, -0.2) is 96.7 Å². The van der Waals surface area contributed by atoms with E-state index in [9.17, 15) is 43.2 Å². The number of aliphatic hydroxyl groups excluding tert-OH is 1. The van der Waals surface area contributed by atoms with E-state index >= 15 is 0 Å². The fourth-order valence-corrected chi connectivity index (χ4v) is 11.6. The molecule has 0 radical (unpaired) electrons. The summed E-state index contributed by atoms with van der Waals surface area (Å²) < 4.78 is 68.5. The first-order valence-electron chi connectivity index (χ1n) is 39.7. The largest absolute Gasteiger partial charge is 0.472 e. The number of phosphoric acid groups is 2. The summed E-state index contributed by atoms with van der Waals surface area (Å²) in [4.78, 5) is 73.0. The van der Waals surface area contributed by atoms with Gasteiger partial charge in [-0.2, -0.15) is 0 Å². The fraction of sp³-hybridized carbons (Fsp3) is 0.647. The zero-order valence-corrected chi connectivity index (χ0v) is 66.4. The maximum atomic E-state index is 13.1. The summed E-state index contributed by atoms with van der Waals surface area (Å²) in [6, 6.07) is 0. The molecule has 104 heavy (non-hydrogen) atoms. The summed E-state index contributed by atoms with van der Waals surface area (Å²) >= 11 is 0. The number of esters is 4. The van der Waals surface area contributed by atoms with Crippen molar-refractivity contribution in [2.75, 3.05) is 39.6 Å². The van der Waals surface area contributed by atoms with Crippen molar-refractivity contribution < 1.29 is 80.2 Å². The van der Waals surface area contributed by atoms with Crippen molar-refractivity contribution in [1.29, 1.82) is 0 Å². The molecule has 0 fully saturated rings. The SMILES string of the molecule is CC/C=C\C/C=C\C/C=C\C/C=C\C/C=C\CCCC(=O)OCC(COP(=O)(O)OCC(O)COP(=O)(O)OCC(COC(=O)CCCCCCC/C=C\C/C=C\C/C=C\CC)OC(=O)CCCCCCCCCCCCCCCCC)OC(=O)CCC/C=C\C/C=C\C/C=C\C/C=C\C/C=C\CC. The normalized spacial score (nSPS) is 14.7. The Kier molecular flexibility index (Phi) is 72.0. The zero-order chi connectivity index (χ0) is 76.0. The van der Waals surface area contributed by atoms with Crippen LogP contribution in [0.5, 0.6) is 0 Å². The van der Waals surface area contributed by atoms with Crippen LogP contribution in [0.4, 0.5) is 0 Å². The van der Waals surface area contributed by atoms with Crippen LogP contribution in [0.1, 0.15) is 297 Å². The van der Waals surface area contributed by atoms with Gasteiger partial charge in [-0.15, -0.1) is 0 Å². The molecule has 0 saturated carbocycles. The van der Waals surface area contributed by atoms with Gasteiger partial charge in [-0.3, -0.25) is 37.3 Å². The summed E-state index contributed by atoms with van der Waals surface area (Å²) in [5.74, 6) is -2.33. The first-order valence-corrected chi connectivity index (χ1v) is 42.7. The quantitative estimate of drug-likeness (QED) is 0.0169. The minimum atomic E-state index is -5.01. The van der Waals surface area contributed by atoms with E-state index in [1.807, 2.05) is 24.3 Å². The molecule has 5 unspecified atom stereocenters. The third-order valence-corrected chi connectivity index (χ3v) is 17.9. The van der Waals surface area contributed by atoms with E-state index in [0.717, 1.165) is 141 Å². The Morgan fingerprint density at radius 2 is 0.510 bits per heavy atom. The monoisotopic (exact) mass is 1490 g/mol. The number of carbonyl (C=O) groups is 4. The molecular weight excluding hydrogens is 1350 g/mol. The number of allylic oxidation sites excluding steroid dienone is 26. The molecule has 5 atom stereocenters. The Labute approximate surface area is 629 Å². The van der Waals surface area contributed by atoms with E-state index < -0.39 is 97.5 Å². The molecule has 0 aliphatic carbocycles. The van der Waals surface area contributed by atoms with Crippen molar-refractivity contribution in [3.05, 3.63) is 158 Å². The van der Waals surface area contributed by atoms with Crippen molar-refractivity contribution in [2.24, 2.45) is 0 Å². The number of hydrogen-bond acceptors (Lipinski definition) is 15. The molecule has 0 aromatic heterocycles. The molecule has 592 valence electrons. The highest BCUT2D eigenvalue weighted by Gasteiger charge is 2.30. The summed E-state index contributed by atoms with van der Waals surface area (Å²) in [5.41, 5.74) is 0. The van der Waals surface area contributed by atoms with E-state index in [1.54, 1.807) is 0 Å². The van der Waals surface area contributed by atoms with Crippen LogP contribution in [0, 0.1) is 0 Å². The Morgan fingerprint density at radius 1 is 0.279 bits per heavy atom. The van der Waals surface area contributed by atoms with Crippen LogP contribution < -0.4 is 0 Å². The Morgan fingerprint density at radius 3 is 0.817 bits per heavy atom. The maximum Gasteiger partial charge on any atom is 0.472 e. The van der Waals surface area contributed by atoms with Gasteiger partial charge in [-0.1, -0.05) is 295 Å². The predicted molar refractivity (Wildman–Crippen MR) is 427 cm³/mol. The maximum absolute atomic E-state index is 13.1. The lowest BCUT2D eigenvalue weighted by molar-refractivity contribution is -0.161. The molecule has 0 spiro atoms. The lowest BCUT2D eigenvalue weighted by Gasteiger charge is -2.21. The van der Waals surface area contributed by atoms with E-state index in [2.05, 4.69) is 161 Å². The predicted octanol–water partition coefficient (Wildman–Crippen LogP) is 23.2. The summed E-state index contributed by atoms with van der Waals surface area (Å²) in [5, 5.41) is 10.6. The van der Waals surface area contributed by atoms with Gasteiger partial charge in [-0.05, 0) is 135 Å². The molecule has 0 aliphatic heterocycles. The molecule has 0 aliphatic rings. The van der Waals surface area contributed by atoms with Gasteiger partial charge < -0.3 is 33.8 Å². The number of carbonyl (C=O) groups excluding carboxylic acids is 4. The molecule has 0 amide bonds. The van der Waals surface area contributed by atoms with Gasteiger partial charge in [0.2, 0.25) is 0 Å². The second-order valence-corrected chi connectivity index (χ2v) is 28.8. The van der Waals surface area contributed by atoms with Crippen LogP contribution >= 0.6 is 15.6 Å². The second kappa shape index (κ2) is 75.9. The lowest BCUT2D eigenvalue weighted by atomic mass is 10.0. The van der Waals surface area contributed by atoms with Crippen molar-refractivity contribution in [1.82, 2.24) is 0 Å². The lowest BCUT2D eigenvalue weighted by Crippen LogP contribution is -2.30. The molecule has 0 aromatic rings. The Balaban J connectivity index is 5.49. The number of phosphoric ester groups is 2. The van der Waals surface area contributed by atoms with Crippen molar-refractivity contribution in [3.8, 4) is 0 Å². The minimum Gasteiger partial charge on any atom is -0.462 e. The van der Waals surface area contributed by atoms with Gasteiger partial charge in [0, 0.05) is 25.7 Å². The Bertz CT molecular complexity index is 2590. The van der Waals surface area contributed by atoms with E-state index in [0.29, 0.717) is 38.5 Å². The molecule has 0 heterocycles. The minimum absolute atomic E-state index is 0.000942. The van der Waals surface area contributed by atoms with Gasteiger partial charge >= 0.3 is 39.5 Å². The van der Waals surface area contributed by atoms with Crippen molar-refractivity contribution >= 4 is 39.5 Å². The molecule has 19 heteroatoms. The van der Waals surface area contributed by atoms with Gasteiger partial charge in [-0.25, -0.2) is 9.13 Å². The first-order chi connectivity index (χ1) is 50.7. The summed E-state index contributed by atoms with van der Waals surface area (Å²) in [6.45, 7) is 4.39. The third-order valence-electron chi connectivity index (χ3n) is 16.0. The molecule has 0 rings (SSSR count). The molecule has 0 bridgehead atoms. The topological polar surface area (TPSA) is 237 Å². The van der Waals surface area contributed by atoms with E-state index in [1.165, 1.54) is 64.2 Å². The second-order valence-electron chi connectivity index (χ2n) is 25.9. The van der Waals surface area contributed by atoms with Gasteiger partial charge in [0.15, 0.2) is 12.2 Å². The highest BCUT2D eigenvalue weighted by Crippen LogP contribution is 2.45. The van der Waals surface area contributed by atoms with Crippen molar-refractivity contribution in [2.45, 2.75) is 316 Å². The van der Waals surface area contributed by atoms with Gasteiger partial charge in [0.25, 0.3) is 0 Å². The first kappa shape index (κ1) is 98.7. The van der Waals surface area contributed by atoms with E-state index in [-0.39, 0.29) is 25.7 Å². The van der Waals surface area contributed by atoms with Crippen LogP contribution in [-0.2, 0) is 65.4 Å². The number of hydrogen-bond donors (Lipinski definition) is 3. The fourth-order valence-electron chi connectivity index (χ4n) is 10.1. The average molecular weight is 1500 g/mol. The van der Waals surface area contributed by atoms with Crippen LogP contribution in [0.25, 0.3) is 0 Å². The van der Waals surface area contributed by atoms with Gasteiger partial charge in [0.1, 0.15) is 19.3 Å². The number of aliphatic hydroxyl groups is 1. The Hall–Kier alpha value is -5.32. The summed E-state index contributed by atoms with van der Waals surface area (Å²) in [7, 11) is -10.0. The van der Waals surface area contributed by atoms with Crippen LogP contribution in [0.2, 0.25) is 0 Å². The van der Waals surface area contributed by atoms with Gasteiger partial charge in [0.05, 0.1) is 26.4 Å². The molecule has 0 aromatic carbocycles. The molecule has 0 saturated heterocycles. The zero-order valence-electron chi connectivity index (χ0n) is 64.6. The highest BCUT2D eigenvalue weighted by molar-refractivity contribution is 7.47. The highest BCUT2D eigenvalue weighted by atomic mass is 31.2. The summed E-state index contributed by atoms with van der Waals surface area (Å²) in [6.07, 6.45) is 88.1. The van der Waals surface area contributed by atoms with Crippen LogP contribution in [0.15, 0.2) is 158 Å². The standard InChI is InChI=1S/C85H140O17P2/c1-5-9-13-17-21-25-29-33-37-39-43-46-50-54-58-62-66-70-83(88)96-76-81(102-85(90)72-68-64-60-56-52-48-44-40-38-34-30-26-22-18-14-10-6-2)78-100-104(93,94)98-74-79(86)73-97-103(91,92)99-77-80(101-84(89)71-67-63-59-55-51-47-42-36-32-28-24-20-16-12-8-4)75-95-82(87)69-65-61-57-53-49-45-41-35-31-27-23-19-15-11-7-3/h9-11,13-15,21-23,25-27,33-35,37-38,41,43-44,46,48,54,56,58,60,79-81,86H,5-8,12,16-20,24,28-32,36,39-40,42,45,47,49-53,55,57,59,61-78H2,1-4H3,(H,91,92)(H,93,94)/b13-9-,14-10-,15-11-,25-21-,26-22-,27-23-,37-33-,38-34-,41-35-,46-43-,48-44-,58-54-,60-56-. The van der Waals surface area contributed by atoms with Crippen LogP contribution in [0.3, 0.4) is 0 Å². The molecular formula is C85H140O17P2. The molecule has 3 N–H and O–H groups in total. The number of unbranched alkanes of at least 4 members (excludes halogenated alkanes) is 21. The smallest absolute Gasteiger partial charge is 0.462 e. The average Bonchev–Trinajstić information content (AvgIpc) is 0.926. The number of rotatable bonds is 73. The third kappa shape index (κ3) is 74.9.